The molecule has 1 N–H and O–H groups in total. The lowest BCUT2D eigenvalue weighted by molar-refractivity contribution is -0.137. The largest absolute Gasteiger partial charge is 0.485 e. The Morgan fingerprint density at radius 3 is 3.00 bits per heavy atom. The molecule has 120 valence electrons. The highest BCUT2D eigenvalue weighted by Gasteiger charge is 2.30. The molecule has 0 fully saturated rings. The Morgan fingerprint density at radius 2 is 2.26 bits per heavy atom. The molecule has 1 amide bonds. The first-order valence-electron chi connectivity index (χ1n) is 6.52. The van der Waals surface area contributed by atoms with E-state index in [0.29, 0.717) is 21.8 Å². The summed E-state index contributed by atoms with van der Waals surface area (Å²) in [5, 5.41) is 19.0. The third-order valence-electron chi connectivity index (χ3n) is 2.98. The number of amides is 1. The number of hydrogen-bond donors (Lipinski definition) is 1. The van der Waals surface area contributed by atoms with Crippen LogP contribution in [0, 0.1) is 0 Å². The SMILES string of the molecule is O=C(O)CN1C(=O)CSc2nnc(COc3cccc(Cl)c3)n21. The van der Waals surface area contributed by atoms with E-state index in [1.807, 2.05) is 0 Å². The van der Waals surface area contributed by atoms with Gasteiger partial charge in [0, 0.05) is 5.02 Å². The van der Waals surface area contributed by atoms with Crippen LogP contribution < -0.4 is 9.75 Å². The lowest BCUT2D eigenvalue weighted by Gasteiger charge is -2.27. The van der Waals surface area contributed by atoms with Gasteiger partial charge in [-0.3, -0.25) is 9.59 Å². The van der Waals surface area contributed by atoms with Crippen molar-refractivity contribution in [1.82, 2.24) is 14.9 Å². The summed E-state index contributed by atoms with van der Waals surface area (Å²) < 4.78 is 6.97. The zero-order valence-electron chi connectivity index (χ0n) is 11.7. The molecule has 0 spiro atoms. The van der Waals surface area contributed by atoms with Gasteiger partial charge in [0.2, 0.25) is 5.16 Å². The lowest BCUT2D eigenvalue weighted by Crippen LogP contribution is -2.48. The maximum absolute atomic E-state index is 12.0. The molecular weight excluding hydrogens is 344 g/mol. The van der Waals surface area contributed by atoms with Crippen LogP contribution in [0.1, 0.15) is 5.82 Å². The number of halogens is 1. The fourth-order valence-electron chi connectivity index (χ4n) is 2.02. The second kappa shape index (κ2) is 6.47. The molecule has 1 aromatic heterocycles. The van der Waals surface area contributed by atoms with Crippen LogP contribution in [0.4, 0.5) is 0 Å². The van der Waals surface area contributed by atoms with Crippen LogP contribution in [0.5, 0.6) is 5.75 Å². The quantitative estimate of drug-likeness (QED) is 0.860. The average molecular weight is 355 g/mol. The molecule has 23 heavy (non-hydrogen) atoms. The van der Waals surface area contributed by atoms with Crippen LogP contribution >= 0.6 is 23.4 Å². The normalized spacial score (nSPS) is 13.8. The van der Waals surface area contributed by atoms with E-state index in [-0.39, 0.29) is 18.3 Å². The summed E-state index contributed by atoms with van der Waals surface area (Å²) in [6.07, 6.45) is 0. The van der Waals surface area contributed by atoms with Crippen LogP contribution in [0.3, 0.4) is 0 Å². The van der Waals surface area contributed by atoms with E-state index in [1.54, 1.807) is 24.3 Å². The number of thioether (sulfide) groups is 1. The van der Waals surface area contributed by atoms with E-state index in [2.05, 4.69) is 10.2 Å². The molecule has 1 aliphatic heterocycles. The van der Waals surface area contributed by atoms with Crippen LogP contribution in [0.25, 0.3) is 0 Å². The van der Waals surface area contributed by atoms with E-state index < -0.39 is 12.5 Å². The maximum Gasteiger partial charge on any atom is 0.325 e. The molecule has 0 aliphatic carbocycles. The molecule has 2 aromatic rings. The Hall–Kier alpha value is -2.26. The van der Waals surface area contributed by atoms with Crippen LogP contribution in [0.15, 0.2) is 29.4 Å². The number of ether oxygens (including phenoxy) is 1. The Labute approximate surface area is 140 Å². The summed E-state index contributed by atoms with van der Waals surface area (Å²) in [6.45, 7) is -0.439. The molecule has 0 saturated carbocycles. The molecule has 10 heteroatoms. The molecule has 2 heterocycles. The van der Waals surface area contributed by atoms with Gasteiger partial charge >= 0.3 is 5.97 Å². The molecule has 8 nitrogen and oxygen atoms in total. The van der Waals surface area contributed by atoms with Gasteiger partial charge in [-0.25, -0.2) is 9.69 Å². The van der Waals surface area contributed by atoms with Gasteiger partial charge in [0.05, 0.1) is 5.75 Å². The topological polar surface area (TPSA) is 97.6 Å². The van der Waals surface area contributed by atoms with Gasteiger partial charge in [-0.1, -0.05) is 29.4 Å². The summed E-state index contributed by atoms with van der Waals surface area (Å²) in [4.78, 5) is 22.9. The number of aromatic nitrogens is 3. The molecule has 1 aliphatic rings. The molecule has 1 aromatic carbocycles. The predicted molar refractivity (Wildman–Crippen MR) is 82.3 cm³/mol. The van der Waals surface area contributed by atoms with E-state index in [4.69, 9.17) is 21.4 Å². The molecule has 0 atom stereocenters. The Bertz CT molecular complexity index is 766. The average Bonchev–Trinajstić information content (AvgIpc) is 2.91. The van der Waals surface area contributed by atoms with Crippen LogP contribution in [-0.4, -0.2) is 44.2 Å². The minimum atomic E-state index is -1.12. The fraction of sp³-hybridized carbons (Fsp3) is 0.231. The first-order valence-corrected chi connectivity index (χ1v) is 7.89. The number of carboxylic acid groups (broad SMARTS) is 1. The Morgan fingerprint density at radius 1 is 1.43 bits per heavy atom. The van der Waals surface area contributed by atoms with Crippen molar-refractivity contribution in [2.24, 2.45) is 0 Å². The zero-order valence-corrected chi connectivity index (χ0v) is 13.3. The highest BCUT2D eigenvalue weighted by Crippen LogP contribution is 2.24. The van der Waals surface area contributed by atoms with Crippen molar-refractivity contribution in [3.8, 4) is 5.75 Å². The third-order valence-corrected chi connectivity index (χ3v) is 4.12. The van der Waals surface area contributed by atoms with Gasteiger partial charge < -0.3 is 9.84 Å². The highest BCUT2D eigenvalue weighted by molar-refractivity contribution is 7.99. The number of carboxylic acids is 1. The van der Waals surface area contributed by atoms with Crippen LogP contribution in [-0.2, 0) is 16.2 Å². The lowest BCUT2D eigenvalue weighted by atomic mass is 10.3. The summed E-state index contributed by atoms with van der Waals surface area (Å²) in [6, 6.07) is 6.84. The zero-order chi connectivity index (χ0) is 16.4. The summed E-state index contributed by atoms with van der Waals surface area (Å²) in [5.74, 6) is -0.447. The summed E-state index contributed by atoms with van der Waals surface area (Å²) >= 11 is 7.09. The molecule has 3 rings (SSSR count). The highest BCUT2D eigenvalue weighted by atomic mass is 35.5. The van der Waals surface area contributed by atoms with E-state index >= 15 is 0 Å². The molecule has 0 radical (unpaired) electrons. The van der Waals surface area contributed by atoms with E-state index in [1.165, 1.54) is 16.4 Å². The number of fused-ring (bicyclic) bond motifs is 1. The monoisotopic (exact) mass is 354 g/mol. The fourth-order valence-corrected chi connectivity index (χ4v) is 3.03. The van der Waals surface area contributed by atoms with Gasteiger partial charge in [-0.15, -0.1) is 10.2 Å². The van der Waals surface area contributed by atoms with Crippen molar-refractivity contribution in [3.05, 3.63) is 35.1 Å². The van der Waals surface area contributed by atoms with Gasteiger partial charge in [0.1, 0.15) is 18.9 Å². The summed E-state index contributed by atoms with van der Waals surface area (Å²) in [7, 11) is 0. The standard InChI is InChI=1S/C13H11ClN4O4S/c14-8-2-1-3-9(4-8)22-6-10-15-16-13-18(10)17(5-12(20)21)11(19)7-23-13/h1-4H,5-7H2,(H,20,21). The molecule has 0 unspecified atom stereocenters. The van der Waals surface area contributed by atoms with Gasteiger partial charge in [-0.05, 0) is 18.2 Å². The third kappa shape index (κ3) is 3.40. The van der Waals surface area contributed by atoms with Crippen molar-refractivity contribution in [2.75, 3.05) is 17.3 Å². The van der Waals surface area contributed by atoms with E-state index in [0.717, 1.165) is 5.01 Å². The number of nitrogens with zero attached hydrogens (tertiary/aromatic N) is 4. The second-order valence-electron chi connectivity index (χ2n) is 4.59. The minimum Gasteiger partial charge on any atom is -0.485 e. The molecular formula is C13H11ClN4O4S. The van der Waals surface area contributed by atoms with Crippen molar-refractivity contribution < 1.29 is 19.4 Å². The summed E-state index contributed by atoms with van der Waals surface area (Å²) in [5.41, 5.74) is 0. The van der Waals surface area contributed by atoms with E-state index in [9.17, 15) is 9.59 Å². The van der Waals surface area contributed by atoms with Crippen LogP contribution in [0.2, 0.25) is 5.02 Å². The Balaban J connectivity index is 1.83. The van der Waals surface area contributed by atoms with Crippen molar-refractivity contribution in [3.63, 3.8) is 0 Å². The number of carbonyl (C=O) groups is 2. The minimum absolute atomic E-state index is 0.0251. The first-order chi connectivity index (χ1) is 11.0. The molecule has 0 bridgehead atoms. The number of benzene rings is 1. The predicted octanol–water partition coefficient (Wildman–Crippen LogP) is 1.17. The van der Waals surface area contributed by atoms with Gasteiger partial charge in [-0.2, -0.15) is 0 Å². The van der Waals surface area contributed by atoms with Crippen molar-refractivity contribution in [1.29, 1.82) is 0 Å². The first kappa shape index (κ1) is 15.6. The number of carbonyl (C=O) groups excluding carboxylic acids is 1. The van der Waals surface area contributed by atoms with Gasteiger partial charge in [0.15, 0.2) is 5.82 Å². The second-order valence-corrected chi connectivity index (χ2v) is 5.97. The maximum atomic E-state index is 12.0. The van der Waals surface area contributed by atoms with Crippen molar-refractivity contribution in [2.45, 2.75) is 11.8 Å². The van der Waals surface area contributed by atoms with Crippen molar-refractivity contribution >= 4 is 35.2 Å². The Kier molecular flexibility index (Phi) is 4.39. The molecule has 0 saturated heterocycles. The number of hydrogen-bond acceptors (Lipinski definition) is 6. The smallest absolute Gasteiger partial charge is 0.325 e. The number of rotatable bonds is 5. The van der Waals surface area contributed by atoms with Gasteiger partial charge in [0.25, 0.3) is 5.91 Å². The number of aliphatic carboxylic acids is 1.